The SMILES string of the molecule is CCc1cnc(N2CCC(Oc3ccc(CN4CCN(S(C)(=O)=O)CC4)cc3Cl)CC2)nc1. The van der Waals surface area contributed by atoms with Gasteiger partial charge in [-0.1, -0.05) is 24.6 Å². The maximum atomic E-state index is 11.7. The van der Waals surface area contributed by atoms with Crippen LogP contribution in [-0.4, -0.2) is 79.2 Å². The van der Waals surface area contributed by atoms with E-state index >= 15 is 0 Å². The number of piperidine rings is 1. The molecule has 2 saturated heterocycles. The highest BCUT2D eigenvalue weighted by atomic mass is 35.5. The molecule has 1 aromatic heterocycles. The van der Waals surface area contributed by atoms with Gasteiger partial charge in [0.15, 0.2) is 0 Å². The smallest absolute Gasteiger partial charge is 0.225 e. The predicted octanol–water partition coefficient (Wildman–Crippen LogP) is 2.82. The monoisotopic (exact) mass is 493 g/mol. The molecule has 0 amide bonds. The number of halogens is 1. The molecule has 4 rings (SSSR count). The van der Waals surface area contributed by atoms with E-state index in [1.807, 2.05) is 30.6 Å². The summed E-state index contributed by atoms with van der Waals surface area (Å²) in [4.78, 5) is 13.4. The predicted molar refractivity (Wildman–Crippen MR) is 130 cm³/mol. The second-order valence-electron chi connectivity index (χ2n) is 8.75. The van der Waals surface area contributed by atoms with E-state index in [0.29, 0.717) is 37.0 Å². The third-order valence-electron chi connectivity index (χ3n) is 6.32. The van der Waals surface area contributed by atoms with Crippen LogP contribution < -0.4 is 9.64 Å². The largest absolute Gasteiger partial charge is 0.489 e. The number of ether oxygens (including phenoxy) is 1. The van der Waals surface area contributed by atoms with Crippen LogP contribution in [0.1, 0.15) is 30.9 Å². The molecule has 2 aliphatic rings. The van der Waals surface area contributed by atoms with Gasteiger partial charge in [0.1, 0.15) is 11.9 Å². The number of aryl methyl sites for hydroxylation is 1. The summed E-state index contributed by atoms with van der Waals surface area (Å²) in [6, 6.07) is 5.95. The van der Waals surface area contributed by atoms with Crippen LogP contribution in [-0.2, 0) is 23.0 Å². The molecule has 0 spiro atoms. The Hall–Kier alpha value is -1.94. The van der Waals surface area contributed by atoms with E-state index in [4.69, 9.17) is 16.3 Å². The van der Waals surface area contributed by atoms with Crippen LogP contribution in [0.5, 0.6) is 5.75 Å². The Labute approximate surface area is 201 Å². The van der Waals surface area contributed by atoms with Crippen molar-refractivity contribution in [1.82, 2.24) is 19.2 Å². The molecule has 0 saturated carbocycles. The van der Waals surface area contributed by atoms with Crippen LogP contribution in [0.15, 0.2) is 30.6 Å². The van der Waals surface area contributed by atoms with Gasteiger partial charge in [-0.25, -0.2) is 18.4 Å². The van der Waals surface area contributed by atoms with Gasteiger partial charge in [0.05, 0.1) is 11.3 Å². The number of hydrogen-bond donors (Lipinski definition) is 0. The van der Waals surface area contributed by atoms with Crippen molar-refractivity contribution in [2.45, 2.75) is 38.8 Å². The molecule has 0 radical (unpaired) electrons. The first kappa shape index (κ1) is 24.2. The van der Waals surface area contributed by atoms with Crippen molar-refractivity contribution in [1.29, 1.82) is 0 Å². The first-order chi connectivity index (χ1) is 15.8. The Morgan fingerprint density at radius 1 is 1.03 bits per heavy atom. The van der Waals surface area contributed by atoms with E-state index in [0.717, 1.165) is 56.0 Å². The lowest BCUT2D eigenvalue weighted by Crippen LogP contribution is -2.47. The summed E-state index contributed by atoms with van der Waals surface area (Å²) in [6.07, 6.45) is 7.90. The molecular weight excluding hydrogens is 462 g/mol. The van der Waals surface area contributed by atoms with E-state index in [-0.39, 0.29) is 6.10 Å². The van der Waals surface area contributed by atoms with Crippen molar-refractivity contribution in [2.75, 3.05) is 50.4 Å². The Bertz CT molecular complexity index is 1030. The first-order valence-corrected chi connectivity index (χ1v) is 13.7. The van der Waals surface area contributed by atoms with E-state index in [2.05, 4.69) is 26.7 Å². The Morgan fingerprint density at radius 2 is 1.70 bits per heavy atom. The number of nitrogens with zero attached hydrogens (tertiary/aromatic N) is 5. The van der Waals surface area contributed by atoms with E-state index in [1.54, 1.807) is 0 Å². The molecule has 2 aromatic rings. The first-order valence-electron chi connectivity index (χ1n) is 11.5. The highest BCUT2D eigenvalue weighted by molar-refractivity contribution is 7.88. The minimum absolute atomic E-state index is 0.114. The molecule has 10 heteroatoms. The number of anilines is 1. The Balaban J connectivity index is 1.27. The van der Waals surface area contributed by atoms with Crippen LogP contribution in [0, 0.1) is 0 Å². The number of rotatable bonds is 7. The second kappa shape index (κ2) is 10.5. The van der Waals surface area contributed by atoms with Crippen LogP contribution >= 0.6 is 11.6 Å². The van der Waals surface area contributed by atoms with Gasteiger partial charge in [-0.3, -0.25) is 4.90 Å². The van der Waals surface area contributed by atoms with Crippen LogP contribution in [0.3, 0.4) is 0 Å². The maximum absolute atomic E-state index is 11.7. The summed E-state index contributed by atoms with van der Waals surface area (Å²) in [5, 5.41) is 0.614. The van der Waals surface area contributed by atoms with Gasteiger partial charge in [-0.05, 0) is 29.7 Å². The van der Waals surface area contributed by atoms with Crippen molar-refractivity contribution in [3.05, 3.63) is 46.7 Å². The lowest BCUT2D eigenvalue weighted by molar-refractivity contribution is 0.170. The fourth-order valence-corrected chi connectivity index (χ4v) is 5.34. The summed E-state index contributed by atoms with van der Waals surface area (Å²) in [5.74, 6) is 1.50. The van der Waals surface area contributed by atoms with E-state index in [1.165, 1.54) is 10.6 Å². The average molecular weight is 494 g/mol. The molecule has 1 aromatic carbocycles. The molecule has 0 atom stereocenters. The van der Waals surface area contributed by atoms with Crippen LogP contribution in [0.2, 0.25) is 5.02 Å². The van der Waals surface area contributed by atoms with Crippen LogP contribution in [0.25, 0.3) is 0 Å². The van der Waals surface area contributed by atoms with Crippen molar-refractivity contribution in [3.8, 4) is 5.75 Å². The molecule has 2 fully saturated rings. The number of hydrogen-bond acceptors (Lipinski definition) is 7. The van der Waals surface area contributed by atoms with E-state index < -0.39 is 10.0 Å². The van der Waals surface area contributed by atoms with Gasteiger partial charge in [0, 0.05) is 71.0 Å². The Morgan fingerprint density at radius 3 is 2.27 bits per heavy atom. The van der Waals surface area contributed by atoms with Crippen molar-refractivity contribution in [2.24, 2.45) is 0 Å². The zero-order valence-electron chi connectivity index (χ0n) is 19.3. The average Bonchev–Trinajstić information content (AvgIpc) is 2.81. The molecule has 0 N–H and O–H groups in total. The normalized spacial score (nSPS) is 19.1. The van der Waals surface area contributed by atoms with Gasteiger partial charge in [-0.15, -0.1) is 0 Å². The fourth-order valence-electron chi connectivity index (χ4n) is 4.26. The summed E-state index contributed by atoms with van der Waals surface area (Å²) in [7, 11) is -3.11. The summed E-state index contributed by atoms with van der Waals surface area (Å²) in [6.45, 7) is 7.03. The minimum Gasteiger partial charge on any atom is -0.489 e. The van der Waals surface area contributed by atoms with E-state index in [9.17, 15) is 8.42 Å². The zero-order valence-corrected chi connectivity index (χ0v) is 20.9. The highest BCUT2D eigenvalue weighted by Gasteiger charge is 2.25. The van der Waals surface area contributed by atoms with Crippen LogP contribution in [0.4, 0.5) is 5.95 Å². The molecule has 180 valence electrons. The second-order valence-corrected chi connectivity index (χ2v) is 11.1. The van der Waals surface area contributed by atoms with Gasteiger partial charge >= 0.3 is 0 Å². The lowest BCUT2D eigenvalue weighted by Gasteiger charge is -2.33. The quantitative estimate of drug-likeness (QED) is 0.586. The van der Waals surface area contributed by atoms with Gasteiger partial charge in [0.2, 0.25) is 16.0 Å². The highest BCUT2D eigenvalue weighted by Crippen LogP contribution is 2.29. The Kier molecular flexibility index (Phi) is 7.73. The molecule has 2 aliphatic heterocycles. The maximum Gasteiger partial charge on any atom is 0.225 e. The molecule has 0 aliphatic carbocycles. The standard InChI is InChI=1S/C23H32ClN5O3S/c1-3-18-15-25-23(26-16-18)28-8-6-20(7-9-28)32-22-5-4-19(14-21(22)24)17-27-10-12-29(13-11-27)33(2,30)31/h4-5,14-16,20H,3,6-13,17H2,1-2H3. The van der Waals surface area contributed by atoms with Gasteiger partial charge < -0.3 is 9.64 Å². The summed E-state index contributed by atoms with van der Waals surface area (Å²) < 4.78 is 31.1. The van der Waals surface area contributed by atoms with Crippen molar-refractivity contribution < 1.29 is 13.2 Å². The molecule has 8 nitrogen and oxygen atoms in total. The number of piperazine rings is 1. The molecule has 33 heavy (non-hydrogen) atoms. The summed E-state index contributed by atoms with van der Waals surface area (Å²) >= 11 is 6.54. The number of benzene rings is 1. The molecule has 0 bridgehead atoms. The van der Waals surface area contributed by atoms with Gasteiger partial charge in [0.25, 0.3) is 0 Å². The minimum atomic E-state index is -3.11. The lowest BCUT2D eigenvalue weighted by atomic mass is 10.1. The van der Waals surface area contributed by atoms with Gasteiger partial charge in [-0.2, -0.15) is 4.31 Å². The third-order valence-corrected chi connectivity index (χ3v) is 7.92. The molecular formula is C23H32ClN5O3S. The molecule has 0 unspecified atom stereocenters. The number of aromatic nitrogens is 2. The number of sulfonamides is 1. The topological polar surface area (TPSA) is 78.9 Å². The molecule has 3 heterocycles. The van der Waals surface area contributed by atoms with Crippen molar-refractivity contribution in [3.63, 3.8) is 0 Å². The summed E-state index contributed by atoms with van der Waals surface area (Å²) in [5.41, 5.74) is 2.24. The third kappa shape index (κ3) is 6.35. The zero-order chi connectivity index (χ0) is 23.4. The fraction of sp³-hybridized carbons (Fsp3) is 0.565. The van der Waals surface area contributed by atoms with Crippen molar-refractivity contribution >= 4 is 27.6 Å².